The third-order valence-corrected chi connectivity index (χ3v) is 6.82. The molecule has 0 amide bonds. The number of halogens is 3. The molecule has 0 unspecified atom stereocenters. The molecule has 3 nitrogen and oxygen atoms in total. The summed E-state index contributed by atoms with van der Waals surface area (Å²) < 4.78 is 66.7. The highest BCUT2D eigenvalue weighted by Crippen LogP contribution is 2.40. The molecular formula is C25H20F3NO2S. The summed E-state index contributed by atoms with van der Waals surface area (Å²) in [5.74, 6) is 0. The van der Waals surface area contributed by atoms with Crippen LogP contribution in [-0.4, -0.2) is 20.5 Å². The highest BCUT2D eigenvalue weighted by molar-refractivity contribution is 7.93. The monoisotopic (exact) mass is 455 g/mol. The van der Waals surface area contributed by atoms with E-state index in [1.54, 1.807) is 25.1 Å². The quantitative estimate of drug-likeness (QED) is 0.467. The topological polar surface area (TPSA) is 37.4 Å². The number of alkyl halides is 3. The molecule has 0 N–H and O–H groups in total. The van der Waals surface area contributed by atoms with E-state index in [0.29, 0.717) is 26.6 Å². The Bertz CT molecular complexity index is 1250. The van der Waals surface area contributed by atoms with Crippen LogP contribution in [0, 0.1) is 0 Å². The molecule has 1 heterocycles. The summed E-state index contributed by atoms with van der Waals surface area (Å²) in [6.07, 6.45) is 1.78. The summed E-state index contributed by atoms with van der Waals surface area (Å²) in [5, 5.41) is 0. The van der Waals surface area contributed by atoms with Crippen molar-refractivity contribution in [2.24, 2.45) is 0 Å². The number of benzene rings is 3. The number of para-hydroxylation sites is 1. The van der Waals surface area contributed by atoms with Gasteiger partial charge in [0.15, 0.2) is 0 Å². The van der Waals surface area contributed by atoms with E-state index < -0.39 is 22.1 Å². The van der Waals surface area contributed by atoms with E-state index in [1.165, 1.54) is 12.1 Å². The van der Waals surface area contributed by atoms with Crippen molar-refractivity contribution >= 4 is 26.9 Å². The number of sulfonamides is 1. The number of nitrogens with zero attached hydrogens (tertiary/aromatic N) is 1. The highest BCUT2D eigenvalue weighted by atomic mass is 32.2. The van der Waals surface area contributed by atoms with Gasteiger partial charge in [-0.15, -0.1) is 0 Å². The molecule has 0 aromatic heterocycles. The Morgan fingerprint density at radius 1 is 0.812 bits per heavy atom. The van der Waals surface area contributed by atoms with Gasteiger partial charge >= 0.3 is 15.5 Å². The lowest BCUT2D eigenvalue weighted by Crippen LogP contribution is -2.42. The van der Waals surface area contributed by atoms with E-state index in [-0.39, 0.29) is 5.69 Å². The van der Waals surface area contributed by atoms with Crippen LogP contribution in [0.4, 0.5) is 18.9 Å². The highest BCUT2D eigenvalue weighted by Gasteiger charge is 2.51. The molecule has 3 aromatic rings. The Balaban J connectivity index is 2.04. The maximum Gasteiger partial charge on any atom is 0.516 e. The molecule has 0 aliphatic carbocycles. The number of anilines is 1. The second-order valence-corrected chi connectivity index (χ2v) is 9.29. The van der Waals surface area contributed by atoms with E-state index in [4.69, 9.17) is 0 Å². The second kappa shape index (κ2) is 8.31. The summed E-state index contributed by atoms with van der Waals surface area (Å²) in [5.41, 5.74) is -1.57. The van der Waals surface area contributed by atoms with Gasteiger partial charge in [-0.25, -0.2) is 0 Å². The summed E-state index contributed by atoms with van der Waals surface area (Å²) in [6.45, 7) is 1.32. The molecule has 4 rings (SSSR count). The van der Waals surface area contributed by atoms with Gasteiger partial charge in [0.2, 0.25) is 0 Å². The van der Waals surface area contributed by atoms with E-state index >= 15 is 0 Å². The molecule has 0 radical (unpaired) electrons. The summed E-state index contributed by atoms with van der Waals surface area (Å²) in [7, 11) is -5.62. The molecule has 0 fully saturated rings. The van der Waals surface area contributed by atoms with E-state index in [9.17, 15) is 21.6 Å². The zero-order valence-electron chi connectivity index (χ0n) is 17.2. The van der Waals surface area contributed by atoms with Crippen molar-refractivity contribution in [3.05, 3.63) is 113 Å². The van der Waals surface area contributed by atoms with Crippen LogP contribution in [0.1, 0.15) is 23.6 Å². The van der Waals surface area contributed by atoms with Gasteiger partial charge < -0.3 is 0 Å². The summed E-state index contributed by atoms with van der Waals surface area (Å²) >= 11 is 0. The number of fused-ring (bicyclic) bond motifs is 1. The van der Waals surface area contributed by atoms with E-state index in [2.05, 4.69) is 0 Å². The fourth-order valence-corrected chi connectivity index (χ4v) is 4.86. The molecule has 0 saturated heterocycles. The number of hydrogen-bond acceptors (Lipinski definition) is 2. The van der Waals surface area contributed by atoms with Gasteiger partial charge in [0.1, 0.15) is 0 Å². The van der Waals surface area contributed by atoms with Crippen LogP contribution in [0.25, 0.3) is 11.1 Å². The number of hydrogen-bond donors (Lipinski definition) is 0. The van der Waals surface area contributed by atoms with Gasteiger partial charge in [0.05, 0.1) is 12.2 Å². The predicted octanol–water partition coefficient (Wildman–Crippen LogP) is 6.26. The third kappa shape index (κ3) is 3.96. The molecule has 0 saturated carbocycles. The van der Waals surface area contributed by atoms with Gasteiger partial charge in [-0.05, 0) is 40.8 Å². The lowest BCUT2D eigenvalue weighted by atomic mass is 9.92. The first-order valence-corrected chi connectivity index (χ1v) is 11.3. The smallest absolute Gasteiger partial charge is 0.258 e. The first kappa shape index (κ1) is 21.9. The van der Waals surface area contributed by atoms with Crippen molar-refractivity contribution in [2.75, 3.05) is 10.8 Å². The molecular weight excluding hydrogens is 435 g/mol. The lowest BCUT2D eigenvalue weighted by molar-refractivity contribution is -0.0437. The van der Waals surface area contributed by atoms with Gasteiger partial charge in [0, 0.05) is 5.56 Å². The molecule has 0 spiro atoms. The molecule has 3 aromatic carbocycles. The van der Waals surface area contributed by atoms with Gasteiger partial charge in [-0.2, -0.15) is 21.6 Å². The SMILES string of the molecule is CC1=CC(=C(c2ccccc2)c2ccccc2)CN(S(=O)(=O)C(F)(F)F)c2ccccc21. The molecule has 164 valence electrons. The van der Waals surface area contributed by atoms with Gasteiger partial charge in [-0.1, -0.05) is 84.9 Å². The van der Waals surface area contributed by atoms with Crippen molar-refractivity contribution in [3.8, 4) is 0 Å². The normalized spacial score (nSPS) is 14.4. The van der Waals surface area contributed by atoms with Crippen molar-refractivity contribution < 1.29 is 21.6 Å². The van der Waals surface area contributed by atoms with E-state index in [0.717, 1.165) is 11.1 Å². The summed E-state index contributed by atoms with van der Waals surface area (Å²) in [4.78, 5) is 0. The average Bonchev–Trinajstić information content (AvgIpc) is 2.92. The number of rotatable bonds is 3. The predicted molar refractivity (Wildman–Crippen MR) is 121 cm³/mol. The minimum atomic E-state index is -5.62. The van der Waals surface area contributed by atoms with Gasteiger partial charge in [-0.3, -0.25) is 4.31 Å². The Hall–Kier alpha value is -3.32. The Labute approximate surface area is 185 Å². The van der Waals surface area contributed by atoms with Crippen molar-refractivity contribution in [2.45, 2.75) is 12.4 Å². The van der Waals surface area contributed by atoms with Crippen LogP contribution < -0.4 is 4.31 Å². The fraction of sp³-hybridized carbons (Fsp3) is 0.120. The molecule has 7 heteroatoms. The lowest BCUT2D eigenvalue weighted by Gasteiger charge is -2.27. The minimum Gasteiger partial charge on any atom is -0.258 e. The molecule has 0 atom stereocenters. The number of allylic oxidation sites excluding steroid dienone is 1. The molecule has 1 aliphatic rings. The zero-order valence-corrected chi connectivity index (χ0v) is 18.0. The minimum absolute atomic E-state index is 0.00838. The zero-order chi connectivity index (χ0) is 22.9. The van der Waals surface area contributed by atoms with Crippen LogP contribution in [0.2, 0.25) is 0 Å². The first-order valence-electron chi connectivity index (χ1n) is 9.91. The third-order valence-electron chi connectivity index (χ3n) is 5.33. The molecule has 0 bridgehead atoms. The van der Waals surface area contributed by atoms with Crippen molar-refractivity contribution in [1.82, 2.24) is 0 Å². The van der Waals surface area contributed by atoms with Crippen LogP contribution >= 0.6 is 0 Å². The maximum atomic E-state index is 13.7. The van der Waals surface area contributed by atoms with Crippen LogP contribution in [0.3, 0.4) is 0 Å². The fourth-order valence-electron chi connectivity index (χ4n) is 3.89. The van der Waals surface area contributed by atoms with E-state index in [1.807, 2.05) is 60.7 Å². The molecule has 1 aliphatic heterocycles. The average molecular weight is 456 g/mol. The van der Waals surface area contributed by atoms with Crippen LogP contribution in [0.15, 0.2) is 96.6 Å². The largest absolute Gasteiger partial charge is 0.516 e. The summed E-state index contributed by atoms with van der Waals surface area (Å²) in [6, 6.07) is 24.7. The Morgan fingerprint density at radius 2 is 1.31 bits per heavy atom. The second-order valence-electron chi connectivity index (χ2n) is 7.43. The van der Waals surface area contributed by atoms with Crippen LogP contribution in [0.5, 0.6) is 0 Å². The van der Waals surface area contributed by atoms with Crippen molar-refractivity contribution in [3.63, 3.8) is 0 Å². The standard InChI is InChI=1S/C25H20F3NO2S/c1-18-16-21(24(19-10-4-2-5-11-19)20-12-6-3-7-13-20)17-29(32(30,31)25(26,27)28)23-15-9-8-14-22(18)23/h2-16H,17H2,1H3. The Morgan fingerprint density at radius 3 is 1.84 bits per heavy atom. The first-order chi connectivity index (χ1) is 15.2. The van der Waals surface area contributed by atoms with Gasteiger partial charge in [0.25, 0.3) is 0 Å². The molecule has 32 heavy (non-hydrogen) atoms. The van der Waals surface area contributed by atoms with Crippen LogP contribution in [-0.2, 0) is 10.0 Å². The van der Waals surface area contributed by atoms with Crippen molar-refractivity contribution in [1.29, 1.82) is 0 Å². The maximum absolute atomic E-state index is 13.7. The Kier molecular flexibility index (Phi) is 5.69.